The Morgan fingerprint density at radius 2 is 0.765 bits per heavy atom. The largest absolute Gasteiger partial charge is 0.0619 e. The van der Waals surface area contributed by atoms with Gasteiger partial charge in [-0.3, -0.25) is 0 Å². The highest BCUT2D eigenvalue weighted by Gasteiger charge is 2.35. The monoisotopic (exact) mass is 648 g/mol. The summed E-state index contributed by atoms with van der Waals surface area (Å²) in [6.07, 6.45) is 0. The molecule has 9 aromatic rings. The summed E-state index contributed by atoms with van der Waals surface area (Å²) in [6, 6.07) is 67.4. The van der Waals surface area contributed by atoms with E-state index in [1.54, 1.807) is 0 Å². The molecule has 51 heavy (non-hydrogen) atoms. The van der Waals surface area contributed by atoms with Crippen molar-refractivity contribution in [1.29, 1.82) is 0 Å². The van der Waals surface area contributed by atoms with Crippen LogP contribution < -0.4 is 0 Å². The van der Waals surface area contributed by atoms with Gasteiger partial charge in [-0.05, 0) is 105 Å². The van der Waals surface area contributed by atoms with Gasteiger partial charge in [0.1, 0.15) is 0 Å². The molecule has 1 aliphatic rings. The van der Waals surface area contributed by atoms with Crippen LogP contribution in [-0.2, 0) is 5.41 Å². The molecule has 0 heteroatoms. The zero-order valence-corrected chi connectivity index (χ0v) is 28.8. The van der Waals surface area contributed by atoms with Gasteiger partial charge in [-0.1, -0.05) is 190 Å². The van der Waals surface area contributed by atoms with E-state index in [0.29, 0.717) is 0 Å². The first-order valence-corrected chi connectivity index (χ1v) is 17.9. The summed E-state index contributed by atoms with van der Waals surface area (Å²) in [5.41, 5.74) is 15.6. The van der Waals surface area contributed by atoms with E-state index in [0.717, 1.165) is 0 Å². The van der Waals surface area contributed by atoms with Gasteiger partial charge in [0.05, 0.1) is 0 Å². The maximum absolute atomic E-state index is 2.39. The van der Waals surface area contributed by atoms with E-state index < -0.39 is 0 Å². The summed E-state index contributed by atoms with van der Waals surface area (Å²) in [4.78, 5) is 0. The molecule has 0 saturated heterocycles. The molecule has 0 amide bonds. The van der Waals surface area contributed by atoms with Crippen LogP contribution in [0.2, 0.25) is 0 Å². The molecule has 9 aromatic carbocycles. The third-order valence-corrected chi connectivity index (χ3v) is 11.3. The zero-order valence-electron chi connectivity index (χ0n) is 28.8. The SMILES string of the molecule is CC1(C)c2ccccc2-c2cc(-c3ccc(-c4c5ccccc5c(-c5ccccc5-c5cccc6ccccc56)c5ccccc45)cc3)ccc21. The van der Waals surface area contributed by atoms with E-state index in [2.05, 4.69) is 196 Å². The molecule has 0 fully saturated rings. The lowest BCUT2D eigenvalue weighted by atomic mass is 9.82. The van der Waals surface area contributed by atoms with Crippen molar-refractivity contribution < 1.29 is 0 Å². The molecule has 0 aromatic heterocycles. The van der Waals surface area contributed by atoms with Crippen LogP contribution in [0.5, 0.6) is 0 Å². The minimum Gasteiger partial charge on any atom is -0.0619 e. The third-order valence-electron chi connectivity index (χ3n) is 11.3. The van der Waals surface area contributed by atoms with Crippen LogP contribution in [0.25, 0.3) is 88.0 Å². The van der Waals surface area contributed by atoms with Crippen molar-refractivity contribution in [2.75, 3.05) is 0 Å². The Kier molecular flexibility index (Phi) is 6.63. The van der Waals surface area contributed by atoms with Crippen LogP contribution in [0, 0.1) is 0 Å². The highest BCUT2D eigenvalue weighted by molar-refractivity contribution is 6.22. The van der Waals surface area contributed by atoms with Crippen molar-refractivity contribution in [3.05, 3.63) is 193 Å². The summed E-state index contributed by atoms with van der Waals surface area (Å²) in [5.74, 6) is 0. The average Bonchev–Trinajstić information content (AvgIpc) is 3.42. The Balaban J connectivity index is 1.14. The fourth-order valence-corrected chi connectivity index (χ4v) is 8.85. The van der Waals surface area contributed by atoms with Gasteiger partial charge in [0, 0.05) is 5.41 Å². The summed E-state index contributed by atoms with van der Waals surface area (Å²) in [7, 11) is 0. The quantitative estimate of drug-likeness (QED) is 0.167. The Morgan fingerprint density at radius 1 is 0.294 bits per heavy atom. The lowest BCUT2D eigenvalue weighted by Gasteiger charge is -2.21. The van der Waals surface area contributed by atoms with Gasteiger partial charge in [0.15, 0.2) is 0 Å². The molecule has 0 heterocycles. The highest BCUT2D eigenvalue weighted by Crippen LogP contribution is 2.50. The number of rotatable bonds is 4. The van der Waals surface area contributed by atoms with Gasteiger partial charge in [0.2, 0.25) is 0 Å². The van der Waals surface area contributed by atoms with Gasteiger partial charge < -0.3 is 0 Å². The Bertz CT molecular complexity index is 2750. The Hall–Kier alpha value is -6.24. The number of hydrogen-bond donors (Lipinski definition) is 0. The molecule has 10 rings (SSSR count). The van der Waals surface area contributed by atoms with Crippen molar-refractivity contribution >= 4 is 32.3 Å². The summed E-state index contributed by atoms with van der Waals surface area (Å²) < 4.78 is 0. The van der Waals surface area contributed by atoms with E-state index >= 15 is 0 Å². The van der Waals surface area contributed by atoms with Crippen molar-refractivity contribution in [3.8, 4) is 55.6 Å². The van der Waals surface area contributed by atoms with E-state index in [4.69, 9.17) is 0 Å². The number of fused-ring (bicyclic) bond motifs is 6. The second-order valence-electron chi connectivity index (χ2n) is 14.4. The molecule has 0 saturated carbocycles. The molecule has 0 radical (unpaired) electrons. The van der Waals surface area contributed by atoms with Crippen LogP contribution in [-0.4, -0.2) is 0 Å². The first-order valence-electron chi connectivity index (χ1n) is 17.9. The molecule has 1 aliphatic carbocycles. The van der Waals surface area contributed by atoms with Crippen LogP contribution in [0.15, 0.2) is 182 Å². The maximum atomic E-state index is 2.39. The van der Waals surface area contributed by atoms with Gasteiger partial charge >= 0.3 is 0 Å². The molecule has 0 bridgehead atoms. The number of benzene rings is 9. The lowest BCUT2D eigenvalue weighted by molar-refractivity contribution is 0.660. The average molecular weight is 649 g/mol. The van der Waals surface area contributed by atoms with Crippen molar-refractivity contribution in [2.24, 2.45) is 0 Å². The van der Waals surface area contributed by atoms with E-state index in [1.165, 1.54) is 99.1 Å². The second kappa shape index (κ2) is 11.4. The van der Waals surface area contributed by atoms with Crippen LogP contribution in [0.3, 0.4) is 0 Å². The van der Waals surface area contributed by atoms with Crippen LogP contribution >= 0.6 is 0 Å². The van der Waals surface area contributed by atoms with Gasteiger partial charge in [-0.15, -0.1) is 0 Å². The van der Waals surface area contributed by atoms with Crippen molar-refractivity contribution in [2.45, 2.75) is 19.3 Å². The highest BCUT2D eigenvalue weighted by atomic mass is 14.4. The van der Waals surface area contributed by atoms with E-state index in [-0.39, 0.29) is 5.41 Å². The molecular weight excluding hydrogens is 613 g/mol. The third kappa shape index (κ3) is 4.53. The molecule has 0 atom stereocenters. The van der Waals surface area contributed by atoms with Gasteiger partial charge in [-0.2, -0.15) is 0 Å². The fourth-order valence-electron chi connectivity index (χ4n) is 8.85. The normalized spacial score (nSPS) is 13.1. The van der Waals surface area contributed by atoms with Crippen molar-refractivity contribution in [3.63, 3.8) is 0 Å². The lowest BCUT2D eigenvalue weighted by Crippen LogP contribution is -2.14. The van der Waals surface area contributed by atoms with Crippen LogP contribution in [0.1, 0.15) is 25.0 Å². The smallest absolute Gasteiger partial charge is 0.0158 e. The molecule has 0 nitrogen and oxygen atoms in total. The van der Waals surface area contributed by atoms with E-state index in [1.807, 2.05) is 0 Å². The van der Waals surface area contributed by atoms with Crippen LogP contribution in [0.4, 0.5) is 0 Å². The first kappa shape index (κ1) is 29.7. The summed E-state index contributed by atoms with van der Waals surface area (Å²) in [6.45, 7) is 4.68. The molecule has 0 unspecified atom stereocenters. The Morgan fingerprint density at radius 3 is 1.47 bits per heavy atom. The van der Waals surface area contributed by atoms with Gasteiger partial charge in [-0.25, -0.2) is 0 Å². The maximum Gasteiger partial charge on any atom is 0.0158 e. The molecule has 0 aliphatic heterocycles. The Labute approximate surface area is 299 Å². The zero-order chi connectivity index (χ0) is 34.1. The topological polar surface area (TPSA) is 0 Å². The van der Waals surface area contributed by atoms with Gasteiger partial charge in [0.25, 0.3) is 0 Å². The molecule has 0 spiro atoms. The second-order valence-corrected chi connectivity index (χ2v) is 14.4. The standard InChI is InChI=1S/C51H36/c1-51(2)47-25-12-11-18-40(47)46-32-36(30-31-48(46)51)33-26-28-35(29-27-33)49-42-20-7-9-22-44(42)50(45-23-10-8-21-43(45)49)41-19-6-5-17-39(41)38-24-13-15-34-14-3-4-16-37(34)38/h3-32H,1-2H3. The minimum atomic E-state index is 0.0119. The fraction of sp³-hybridized carbons (Fsp3) is 0.0588. The molecule has 240 valence electrons. The predicted molar refractivity (Wildman–Crippen MR) is 218 cm³/mol. The van der Waals surface area contributed by atoms with E-state index in [9.17, 15) is 0 Å². The summed E-state index contributed by atoms with van der Waals surface area (Å²) >= 11 is 0. The summed E-state index contributed by atoms with van der Waals surface area (Å²) in [5, 5.41) is 7.60. The number of hydrogen-bond acceptors (Lipinski definition) is 0. The minimum absolute atomic E-state index is 0.0119. The predicted octanol–water partition coefficient (Wildman–Crippen LogP) is 14.1. The molecular formula is C51H36. The molecule has 0 N–H and O–H groups in total. The van der Waals surface area contributed by atoms with Crippen molar-refractivity contribution in [1.82, 2.24) is 0 Å². The first-order chi connectivity index (χ1) is 25.1.